The summed E-state index contributed by atoms with van der Waals surface area (Å²) in [7, 11) is 0. The molecule has 0 N–H and O–H groups in total. The highest BCUT2D eigenvalue weighted by atomic mass is 19.1. The summed E-state index contributed by atoms with van der Waals surface area (Å²) in [6.45, 7) is 2.12. The van der Waals surface area contributed by atoms with Crippen molar-refractivity contribution in [2.24, 2.45) is 0 Å². The summed E-state index contributed by atoms with van der Waals surface area (Å²) in [5, 5.41) is 0. The highest BCUT2D eigenvalue weighted by molar-refractivity contribution is 5.71. The first-order valence-corrected chi connectivity index (χ1v) is 8.63. The van der Waals surface area contributed by atoms with Crippen molar-refractivity contribution >= 4 is 6.29 Å². The minimum atomic E-state index is -0.224. The molecule has 1 nitrogen and oxygen atoms in total. The van der Waals surface area contributed by atoms with E-state index in [1.165, 1.54) is 5.56 Å². The fourth-order valence-electron chi connectivity index (χ4n) is 2.94. The molecule has 0 amide bonds. The van der Waals surface area contributed by atoms with E-state index in [0.717, 1.165) is 41.4 Å². The van der Waals surface area contributed by atoms with Gasteiger partial charge in [-0.25, -0.2) is 4.39 Å². The molecule has 3 aromatic rings. The van der Waals surface area contributed by atoms with Gasteiger partial charge in [0.05, 0.1) is 0 Å². The Labute approximate surface area is 148 Å². The maximum atomic E-state index is 14.6. The van der Waals surface area contributed by atoms with E-state index >= 15 is 0 Å². The maximum absolute atomic E-state index is 14.6. The van der Waals surface area contributed by atoms with Gasteiger partial charge < -0.3 is 4.79 Å². The number of carbonyl (C=O) groups excluding carboxylic acids is 1. The zero-order valence-corrected chi connectivity index (χ0v) is 14.3. The van der Waals surface area contributed by atoms with E-state index in [4.69, 9.17) is 0 Å². The van der Waals surface area contributed by atoms with Crippen molar-refractivity contribution in [3.05, 3.63) is 83.7 Å². The van der Waals surface area contributed by atoms with Gasteiger partial charge in [-0.2, -0.15) is 0 Å². The van der Waals surface area contributed by atoms with Crippen LogP contribution in [0, 0.1) is 5.82 Å². The molecule has 0 saturated heterocycles. The molecule has 0 saturated carbocycles. The smallest absolute Gasteiger partial charge is 0.131 e. The van der Waals surface area contributed by atoms with E-state index in [1.54, 1.807) is 6.07 Å². The molecule has 3 aromatic carbocycles. The molecular formula is C23H21FO. The molecule has 0 aromatic heterocycles. The van der Waals surface area contributed by atoms with Crippen LogP contribution in [0.25, 0.3) is 22.3 Å². The standard InChI is InChI=1S/C23H21FO/c1-2-17-5-9-19(10-6-17)21-13-14-22(23(24)16-21)20-11-7-18(8-12-20)4-3-15-25/h5-16H,2-4H2,1H3. The third-order valence-electron chi connectivity index (χ3n) is 4.48. The number of benzene rings is 3. The van der Waals surface area contributed by atoms with E-state index < -0.39 is 0 Å². The van der Waals surface area contributed by atoms with E-state index in [9.17, 15) is 9.18 Å². The highest BCUT2D eigenvalue weighted by Gasteiger charge is 2.08. The fraction of sp³-hybridized carbons (Fsp3) is 0.174. The third kappa shape index (κ3) is 4.03. The highest BCUT2D eigenvalue weighted by Crippen LogP contribution is 2.28. The third-order valence-corrected chi connectivity index (χ3v) is 4.48. The predicted octanol–water partition coefficient (Wildman–Crippen LogP) is 5.85. The normalized spacial score (nSPS) is 10.6. The van der Waals surface area contributed by atoms with Gasteiger partial charge in [0.15, 0.2) is 0 Å². The van der Waals surface area contributed by atoms with Crippen LogP contribution >= 0.6 is 0 Å². The van der Waals surface area contributed by atoms with Gasteiger partial charge in [-0.1, -0.05) is 67.6 Å². The number of hydrogen-bond donors (Lipinski definition) is 0. The SMILES string of the molecule is CCc1ccc(-c2ccc(-c3ccc(CCC=O)cc3)c(F)c2)cc1. The number of aldehydes is 1. The summed E-state index contributed by atoms with van der Waals surface area (Å²) in [6.07, 6.45) is 3.15. The lowest BCUT2D eigenvalue weighted by Crippen LogP contribution is -1.89. The van der Waals surface area contributed by atoms with Crippen molar-refractivity contribution in [2.75, 3.05) is 0 Å². The molecule has 0 unspecified atom stereocenters. The zero-order chi connectivity index (χ0) is 17.6. The van der Waals surface area contributed by atoms with Gasteiger partial charge >= 0.3 is 0 Å². The van der Waals surface area contributed by atoms with Gasteiger partial charge in [-0.15, -0.1) is 0 Å². The summed E-state index contributed by atoms with van der Waals surface area (Å²) >= 11 is 0. The van der Waals surface area contributed by atoms with Crippen molar-refractivity contribution in [2.45, 2.75) is 26.2 Å². The molecule has 0 aliphatic carbocycles. The number of halogens is 1. The maximum Gasteiger partial charge on any atom is 0.131 e. The summed E-state index contributed by atoms with van der Waals surface area (Å²) in [4.78, 5) is 10.4. The molecule has 0 bridgehead atoms. The van der Waals surface area contributed by atoms with Crippen molar-refractivity contribution in [1.82, 2.24) is 0 Å². The average Bonchev–Trinajstić information content (AvgIpc) is 2.67. The number of rotatable bonds is 6. The predicted molar refractivity (Wildman–Crippen MR) is 101 cm³/mol. The molecule has 0 aliphatic heterocycles. The molecule has 0 atom stereocenters. The monoisotopic (exact) mass is 332 g/mol. The number of aryl methyl sites for hydroxylation is 2. The largest absolute Gasteiger partial charge is 0.303 e. The minimum absolute atomic E-state index is 0.224. The molecule has 0 radical (unpaired) electrons. The Balaban J connectivity index is 1.84. The van der Waals surface area contributed by atoms with Gasteiger partial charge in [0.25, 0.3) is 0 Å². The Bertz CT molecular complexity index is 848. The van der Waals surface area contributed by atoms with Gasteiger partial charge in [-0.05, 0) is 46.7 Å². The first-order chi connectivity index (χ1) is 12.2. The van der Waals surface area contributed by atoms with Gasteiger partial charge in [-0.3, -0.25) is 0 Å². The Morgan fingerprint density at radius 2 is 1.40 bits per heavy atom. The lowest BCUT2D eigenvalue weighted by atomic mass is 9.97. The first kappa shape index (κ1) is 17.1. The van der Waals surface area contributed by atoms with Crippen LogP contribution in [0.3, 0.4) is 0 Å². The molecular weight excluding hydrogens is 311 g/mol. The number of carbonyl (C=O) groups is 1. The molecule has 126 valence electrons. The molecule has 25 heavy (non-hydrogen) atoms. The molecule has 2 heteroatoms. The lowest BCUT2D eigenvalue weighted by Gasteiger charge is -2.08. The van der Waals surface area contributed by atoms with Crippen LogP contribution in [0.1, 0.15) is 24.5 Å². The zero-order valence-electron chi connectivity index (χ0n) is 14.3. The Morgan fingerprint density at radius 3 is 2.00 bits per heavy atom. The second-order valence-corrected chi connectivity index (χ2v) is 6.15. The van der Waals surface area contributed by atoms with Crippen LogP contribution in [-0.4, -0.2) is 6.29 Å². The first-order valence-electron chi connectivity index (χ1n) is 8.63. The van der Waals surface area contributed by atoms with E-state index in [-0.39, 0.29) is 5.82 Å². The van der Waals surface area contributed by atoms with Crippen molar-refractivity contribution in [3.63, 3.8) is 0 Å². The molecule has 3 rings (SSSR count). The van der Waals surface area contributed by atoms with Crippen LogP contribution < -0.4 is 0 Å². The molecule has 0 spiro atoms. The summed E-state index contributed by atoms with van der Waals surface area (Å²) < 4.78 is 14.6. The minimum Gasteiger partial charge on any atom is -0.303 e. The van der Waals surface area contributed by atoms with Crippen LogP contribution in [0.2, 0.25) is 0 Å². The Hall–Kier alpha value is -2.74. The number of hydrogen-bond acceptors (Lipinski definition) is 1. The van der Waals surface area contributed by atoms with E-state index in [2.05, 4.69) is 19.1 Å². The second-order valence-electron chi connectivity index (χ2n) is 6.15. The van der Waals surface area contributed by atoms with Crippen LogP contribution in [0.4, 0.5) is 4.39 Å². The van der Waals surface area contributed by atoms with Gasteiger partial charge in [0.2, 0.25) is 0 Å². The summed E-state index contributed by atoms with van der Waals surface area (Å²) in [5.74, 6) is -0.224. The average molecular weight is 332 g/mol. The van der Waals surface area contributed by atoms with E-state index in [0.29, 0.717) is 12.0 Å². The van der Waals surface area contributed by atoms with Gasteiger partial charge in [0, 0.05) is 12.0 Å². The fourth-order valence-corrected chi connectivity index (χ4v) is 2.94. The van der Waals surface area contributed by atoms with Crippen molar-refractivity contribution < 1.29 is 9.18 Å². The van der Waals surface area contributed by atoms with Crippen LogP contribution in [-0.2, 0) is 17.6 Å². The quantitative estimate of drug-likeness (QED) is 0.517. The molecule has 0 heterocycles. The Morgan fingerprint density at radius 1 is 0.800 bits per heavy atom. The topological polar surface area (TPSA) is 17.1 Å². The van der Waals surface area contributed by atoms with Crippen molar-refractivity contribution in [3.8, 4) is 22.3 Å². The van der Waals surface area contributed by atoms with Gasteiger partial charge in [0.1, 0.15) is 12.1 Å². The summed E-state index contributed by atoms with van der Waals surface area (Å²) in [5.41, 5.74) is 5.70. The second kappa shape index (κ2) is 7.89. The molecule has 0 fully saturated rings. The van der Waals surface area contributed by atoms with E-state index in [1.807, 2.05) is 48.5 Å². The van der Waals surface area contributed by atoms with Crippen LogP contribution in [0.15, 0.2) is 66.7 Å². The summed E-state index contributed by atoms with van der Waals surface area (Å²) in [6, 6.07) is 21.4. The van der Waals surface area contributed by atoms with Crippen LogP contribution in [0.5, 0.6) is 0 Å². The lowest BCUT2D eigenvalue weighted by molar-refractivity contribution is -0.107. The molecule has 0 aliphatic rings. The Kier molecular flexibility index (Phi) is 5.39. The van der Waals surface area contributed by atoms with Crippen molar-refractivity contribution in [1.29, 1.82) is 0 Å².